The van der Waals surface area contributed by atoms with Gasteiger partial charge in [-0.05, 0) is 55.2 Å². The van der Waals surface area contributed by atoms with E-state index in [9.17, 15) is 13.2 Å². The van der Waals surface area contributed by atoms with Crippen LogP contribution in [0.25, 0.3) is 0 Å². The normalized spacial score (nSPS) is 27.7. The summed E-state index contributed by atoms with van der Waals surface area (Å²) in [7, 11) is -2.12. The number of fused-ring (bicyclic) bond motifs is 2. The third-order valence-electron chi connectivity index (χ3n) is 6.38. The molecule has 7 nitrogen and oxygen atoms in total. The predicted molar refractivity (Wildman–Crippen MR) is 105 cm³/mol. The lowest BCUT2D eigenvalue weighted by Gasteiger charge is -2.26. The van der Waals surface area contributed by atoms with E-state index in [2.05, 4.69) is 5.32 Å². The number of rotatable bonds is 6. The molecule has 154 valence electrons. The molecule has 1 aliphatic heterocycles. The number of carbonyl (C=O) groups is 1. The summed E-state index contributed by atoms with van der Waals surface area (Å²) in [6.07, 6.45) is 5.43. The van der Waals surface area contributed by atoms with Crippen molar-refractivity contribution in [1.29, 1.82) is 0 Å². The summed E-state index contributed by atoms with van der Waals surface area (Å²) in [4.78, 5) is 12.8. The zero-order chi connectivity index (χ0) is 19.7. The van der Waals surface area contributed by atoms with Crippen molar-refractivity contribution in [3.63, 3.8) is 0 Å². The Morgan fingerprint density at radius 1 is 1.25 bits per heavy atom. The first-order chi connectivity index (χ1) is 13.5. The topological polar surface area (TPSA) is 84.9 Å². The van der Waals surface area contributed by atoms with Crippen molar-refractivity contribution in [2.75, 3.05) is 38.7 Å². The number of ether oxygens (including phenoxy) is 2. The number of carbonyl (C=O) groups excluding carboxylic acids is 1. The van der Waals surface area contributed by atoms with Gasteiger partial charge < -0.3 is 14.8 Å². The highest BCUT2D eigenvalue weighted by Gasteiger charge is 2.40. The maximum Gasteiger partial charge on any atom is 0.243 e. The Labute approximate surface area is 166 Å². The lowest BCUT2D eigenvalue weighted by molar-refractivity contribution is -0.117. The minimum absolute atomic E-state index is 0.0724. The van der Waals surface area contributed by atoms with Crippen LogP contribution >= 0.6 is 0 Å². The highest BCUT2D eigenvalue weighted by Crippen LogP contribution is 2.49. The Morgan fingerprint density at radius 2 is 2.04 bits per heavy atom. The van der Waals surface area contributed by atoms with Crippen LogP contribution in [0.4, 0.5) is 5.69 Å². The number of morpholine rings is 1. The molecule has 1 saturated heterocycles. The van der Waals surface area contributed by atoms with Gasteiger partial charge in [0.25, 0.3) is 0 Å². The second-order valence-electron chi connectivity index (χ2n) is 8.07. The number of sulfonamides is 1. The lowest BCUT2D eigenvalue weighted by Crippen LogP contribution is -2.40. The average Bonchev–Trinajstić information content (AvgIpc) is 3.31. The fourth-order valence-electron chi connectivity index (χ4n) is 4.95. The van der Waals surface area contributed by atoms with E-state index in [0.29, 0.717) is 56.0 Å². The number of methoxy groups -OCH3 is 1. The molecular weight excluding hydrogens is 380 g/mol. The van der Waals surface area contributed by atoms with Crippen molar-refractivity contribution in [2.45, 2.75) is 37.0 Å². The van der Waals surface area contributed by atoms with Crippen molar-refractivity contribution in [1.82, 2.24) is 4.31 Å². The van der Waals surface area contributed by atoms with E-state index in [1.54, 1.807) is 6.07 Å². The molecule has 1 amide bonds. The Hall–Kier alpha value is -1.64. The number of anilines is 1. The molecule has 2 saturated carbocycles. The predicted octanol–water partition coefficient (Wildman–Crippen LogP) is 2.48. The Morgan fingerprint density at radius 3 is 2.68 bits per heavy atom. The molecule has 1 N–H and O–H groups in total. The minimum Gasteiger partial charge on any atom is -0.495 e. The van der Waals surface area contributed by atoms with Gasteiger partial charge in [-0.1, -0.05) is 6.42 Å². The highest BCUT2D eigenvalue weighted by atomic mass is 32.2. The Bertz CT molecular complexity index is 835. The number of hydrogen-bond donors (Lipinski definition) is 1. The highest BCUT2D eigenvalue weighted by molar-refractivity contribution is 7.89. The van der Waals surface area contributed by atoms with Crippen molar-refractivity contribution in [3.05, 3.63) is 18.2 Å². The zero-order valence-electron chi connectivity index (χ0n) is 16.2. The summed E-state index contributed by atoms with van der Waals surface area (Å²) in [5.74, 6) is 2.30. The summed E-state index contributed by atoms with van der Waals surface area (Å²) < 4.78 is 37.8. The molecule has 2 aliphatic carbocycles. The molecule has 8 heteroatoms. The molecule has 0 radical (unpaired) electrons. The number of nitrogens with one attached hydrogen (secondary N) is 1. The van der Waals surface area contributed by atoms with Gasteiger partial charge in [0.05, 0.1) is 30.9 Å². The molecule has 2 bridgehead atoms. The molecule has 4 rings (SSSR count). The van der Waals surface area contributed by atoms with E-state index in [4.69, 9.17) is 9.47 Å². The number of hydrogen-bond acceptors (Lipinski definition) is 5. The van der Waals surface area contributed by atoms with Crippen LogP contribution in [-0.2, 0) is 19.6 Å². The fraction of sp³-hybridized carbons (Fsp3) is 0.650. The molecule has 0 aromatic heterocycles. The van der Waals surface area contributed by atoms with Gasteiger partial charge in [0, 0.05) is 19.5 Å². The Balaban J connectivity index is 1.49. The van der Waals surface area contributed by atoms with Gasteiger partial charge in [-0.25, -0.2) is 8.42 Å². The number of benzene rings is 1. The molecule has 3 fully saturated rings. The van der Waals surface area contributed by atoms with Crippen LogP contribution < -0.4 is 10.1 Å². The monoisotopic (exact) mass is 408 g/mol. The van der Waals surface area contributed by atoms with Gasteiger partial charge >= 0.3 is 0 Å². The first kappa shape index (κ1) is 19.7. The van der Waals surface area contributed by atoms with Gasteiger partial charge in [-0.3, -0.25) is 4.79 Å². The second kappa shape index (κ2) is 8.00. The van der Waals surface area contributed by atoms with E-state index in [-0.39, 0.29) is 10.8 Å². The van der Waals surface area contributed by atoms with E-state index < -0.39 is 10.0 Å². The maximum atomic E-state index is 12.9. The summed E-state index contributed by atoms with van der Waals surface area (Å²) in [5, 5.41) is 2.89. The molecule has 1 heterocycles. The van der Waals surface area contributed by atoms with Crippen LogP contribution in [0.3, 0.4) is 0 Å². The fourth-order valence-corrected chi connectivity index (χ4v) is 6.38. The quantitative estimate of drug-likeness (QED) is 0.782. The summed E-state index contributed by atoms with van der Waals surface area (Å²) in [6.45, 7) is 1.45. The van der Waals surface area contributed by atoms with Crippen LogP contribution in [0, 0.1) is 17.8 Å². The third kappa shape index (κ3) is 3.90. The largest absolute Gasteiger partial charge is 0.495 e. The van der Waals surface area contributed by atoms with Gasteiger partial charge in [0.15, 0.2) is 0 Å². The van der Waals surface area contributed by atoms with E-state index in [0.717, 1.165) is 12.3 Å². The molecule has 28 heavy (non-hydrogen) atoms. The summed E-state index contributed by atoms with van der Waals surface area (Å²) in [6, 6.07) is 4.62. The molecular formula is C20H28N2O5S. The van der Waals surface area contributed by atoms with Crippen molar-refractivity contribution in [2.24, 2.45) is 17.8 Å². The molecule has 3 atom stereocenters. The maximum absolute atomic E-state index is 12.9. The summed E-state index contributed by atoms with van der Waals surface area (Å²) in [5.41, 5.74) is 0.407. The second-order valence-corrected chi connectivity index (χ2v) is 10.0. The molecule has 0 spiro atoms. The smallest absolute Gasteiger partial charge is 0.243 e. The molecule has 3 aliphatic rings. The first-order valence-electron chi connectivity index (χ1n) is 10.0. The van der Waals surface area contributed by atoms with E-state index >= 15 is 0 Å². The molecule has 0 unspecified atom stereocenters. The van der Waals surface area contributed by atoms with Gasteiger partial charge in [0.2, 0.25) is 15.9 Å². The van der Waals surface area contributed by atoms with Crippen molar-refractivity contribution < 1.29 is 22.7 Å². The van der Waals surface area contributed by atoms with Gasteiger partial charge in [-0.15, -0.1) is 0 Å². The van der Waals surface area contributed by atoms with Crippen LogP contribution in [0.1, 0.15) is 32.1 Å². The van der Waals surface area contributed by atoms with Gasteiger partial charge in [0.1, 0.15) is 5.75 Å². The van der Waals surface area contributed by atoms with Crippen LogP contribution in [0.15, 0.2) is 23.1 Å². The lowest BCUT2D eigenvalue weighted by atomic mass is 9.86. The van der Waals surface area contributed by atoms with E-state index in [1.807, 2.05) is 0 Å². The molecule has 1 aromatic rings. The first-order valence-corrected chi connectivity index (χ1v) is 11.5. The minimum atomic E-state index is -3.63. The number of amides is 1. The number of nitrogens with zero attached hydrogens (tertiary/aromatic N) is 1. The third-order valence-corrected chi connectivity index (χ3v) is 8.28. The van der Waals surface area contributed by atoms with Crippen molar-refractivity contribution >= 4 is 21.6 Å². The SMILES string of the molecule is COc1ccc(S(=O)(=O)N2CCOCC2)cc1NC(=O)C[C@H]1C[C@@H]2CC[C@@H]1C2. The zero-order valence-corrected chi connectivity index (χ0v) is 17.0. The summed E-state index contributed by atoms with van der Waals surface area (Å²) >= 11 is 0. The Kier molecular flexibility index (Phi) is 5.62. The molecule has 1 aromatic carbocycles. The average molecular weight is 409 g/mol. The van der Waals surface area contributed by atoms with Gasteiger partial charge in [-0.2, -0.15) is 4.31 Å². The van der Waals surface area contributed by atoms with Crippen LogP contribution in [0.5, 0.6) is 5.75 Å². The van der Waals surface area contributed by atoms with Crippen LogP contribution in [-0.4, -0.2) is 52.0 Å². The standard InChI is InChI=1S/C20H28N2O5S/c1-26-19-5-4-17(28(24,25)22-6-8-27-9-7-22)13-18(19)21-20(23)12-16-11-14-2-3-15(16)10-14/h4-5,13-16H,2-3,6-12H2,1H3,(H,21,23)/t14-,15-,16-/m1/s1. The van der Waals surface area contributed by atoms with E-state index in [1.165, 1.54) is 42.8 Å². The van der Waals surface area contributed by atoms with Crippen molar-refractivity contribution in [3.8, 4) is 5.75 Å². The van der Waals surface area contributed by atoms with Crippen LogP contribution in [0.2, 0.25) is 0 Å².